The van der Waals surface area contributed by atoms with Gasteiger partial charge in [0.2, 0.25) is 23.6 Å². The lowest BCUT2D eigenvalue weighted by atomic mass is 10.0. The van der Waals surface area contributed by atoms with Crippen LogP contribution in [0.25, 0.3) is 10.9 Å². The Morgan fingerprint density at radius 1 is 0.837 bits per heavy atom. The van der Waals surface area contributed by atoms with Gasteiger partial charge in [0.25, 0.3) is 0 Å². The lowest BCUT2D eigenvalue weighted by Crippen LogP contribution is -2.58. The number of benzene rings is 2. The quantitative estimate of drug-likeness (QED) is 0.123. The second-order valence-electron chi connectivity index (χ2n) is 10.9. The number of primary amides is 1. The molecule has 43 heavy (non-hydrogen) atoms. The molecule has 0 aliphatic rings. The highest BCUT2D eigenvalue weighted by Crippen LogP contribution is 2.19. The van der Waals surface area contributed by atoms with E-state index in [2.05, 4.69) is 20.9 Å². The average molecular weight is 595 g/mol. The summed E-state index contributed by atoms with van der Waals surface area (Å²) in [5.74, 6) is -4.51. The summed E-state index contributed by atoms with van der Waals surface area (Å²) >= 11 is 0. The van der Waals surface area contributed by atoms with Crippen LogP contribution in [0.3, 0.4) is 0 Å². The number of rotatable bonds is 15. The van der Waals surface area contributed by atoms with Crippen LogP contribution in [0.5, 0.6) is 5.75 Å². The van der Waals surface area contributed by atoms with Gasteiger partial charge in [0.1, 0.15) is 23.9 Å². The Kier molecular flexibility index (Phi) is 11.2. The number of para-hydroxylation sites is 1. The van der Waals surface area contributed by atoms with E-state index in [-0.39, 0.29) is 30.9 Å². The number of aliphatic carboxylic acids is 1. The molecule has 0 fully saturated rings. The van der Waals surface area contributed by atoms with Crippen LogP contribution < -0.4 is 27.4 Å². The monoisotopic (exact) mass is 594 g/mol. The van der Waals surface area contributed by atoms with E-state index < -0.39 is 60.2 Å². The largest absolute Gasteiger partial charge is 0.508 e. The number of phenols is 1. The van der Waals surface area contributed by atoms with Gasteiger partial charge in [-0.1, -0.05) is 44.2 Å². The van der Waals surface area contributed by atoms with Crippen molar-refractivity contribution < 1.29 is 34.2 Å². The summed E-state index contributed by atoms with van der Waals surface area (Å²) in [6, 6.07) is 8.50. The number of carboxylic acid groups (broad SMARTS) is 1. The molecule has 0 radical (unpaired) electrons. The highest BCUT2D eigenvalue weighted by molar-refractivity contribution is 5.96. The zero-order valence-corrected chi connectivity index (χ0v) is 24.0. The maximum Gasteiger partial charge on any atom is 0.326 e. The van der Waals surface area contributed by atoms with Crippen LogP contribution >= 0.6 is 0 Å². The number of carbonyl (C=O) groups excluding carboxylic acids is 4. The molecule has 4 atom stereocenters. The minimum atomic E-state index is -1.49. The van der Waals surface area contributed by atoms with E-state index >= 15 is 0 Å². The predicted octanol–water partition coefficient (Wildman–Crippen LogP) is 0.447. The van der Waals surface area contributed by atoms with Crippen molar-refractivity contribution in [2.75, 3.05) is 0 Å². The van der Waals surface area contributed by atoms with Gasteiger partial charge in [-0.25, -0.2) is 4.79 Å². The molecule has 1 heterocycles. The average Bonchev–Trinajstić information content (AvgIpc) is 3.35. The molecular formula is C30H38N6O7. The maximum absolute atomic E-state index is 13.6. The first-order chi connectivity index (χ1) is 20.3. The Bertz CT molecular complexity index is 1450. The summed E-state index contributed by atoms with van der Waals surface area (Å²) in [5, 5.41) is 27.3. The maximum atomic E-state index is 13.6. The molecular weight excluding hydrogens is 556 g/mol. The first-order valence-corrected chi connectivity index (χ1v) is 13.8. The van der Waals surface area contributed by atoms with Crippen molar-refractivity contribution in [1.82, 2.24) is 20.9 Å². The van der Waals surface area contributed by atoms with Gasteiger partial charge in [-0.2, -0.15) is 0 Å². The van der Waals surface area contributed by atoms with E-state index in [1.54, 1.807) is 32.2 Å². The molecule has 4 unspecified atom stereocenters. The van der Waals surface area contributed by atoms with Crippen LogP contribution in [0.4, 0.5) is 0 Å². The molecule has 0 aliphatic carbocycles. The Morgan fingerprint density at radius 3 is 2.07 bits per heavy atom. The number of hydrogen-bond acceptors (Lipinski definition) is 7. The summed E-state index contributed by atoms with van der Waals surface area (Å²) in [6.45, 7) is 3.57. The van der Waals surface area contributed by atoms with Crippen LogP contribution in [0.15, 0.2) is 54.7 Å². The number of H-pyrrole nitrogens is 1. The van der Waals surface area contributed by atoms with E-state index in [1.165, 1.54) is 12.1 Å². The summed E-state index contributed by atoms with van der Waals surface area (Å²) in [7, 11) is 0. The first kappa shape index (κ1) is 32.6. The third kappa shape index (κ3) is 9.57. The Balaban J connectivity index is 1.83. The number of amides is 4. The van der Waals surface area contributed by atoms with Crippen LogP contribution in [-0.4, -0.2) is 69.0 Å². The molecule has 2 aromatic carbocycles. The number of aromatic hydroxyl groups is 1. The minimum absolute atomic E-state index is 0.00350. The number of carboxylic acids is 1. The van der Waals surface area contributed by atoms with Crippen molar-refractivity contribution in [3.8, 4) is 5.75 Å². The summed E-state index contributed by atoms with van der Waals surface area (Å²) < 4.78 is 0. The second-order valence-corrected chi connectivity index (χ2v) is 10.9. The van der Waals surface area contributed by atoms with Gasteiger partial charge in [0.05, 0.1) is 12.5 Å². The van der Waals surface area contributed by atoms with Gasteiger partial charge in [0.15, 0.2) is 0 Å². The lowest BCUT2D eigenvalue weighted by Gasteiger charge is -2.25. The predicted molar refractivity (Wildman–Crippen MR) is 158 cm³/mol. The van der Waals surface area contributed by atoms with Crippen LogP contribution in [0.2, 0.25) is 0 Å². The number of aromatic nitrogens is 1. The molecule has 4 amide bonds. The summed E-state index contributed by atoms with van der Waals surface area (Å²) in [6.07, 6.45) is 1.34. The number of fused-ring (bicyclic) bond motifs is 1. The van der Waals surface area contributed by atoms with Crippen molar-refractivity contribution in [1.29, 1.82) is 0 Å². The number of carbonyl (C=O) groups is 5. The first-order valence-electron chi connectivity index (χ1n) is 13.8. The standard InChI is InChI=1S/C30H38N6O7/c1-16(2)11-25(30(42)43)36-29(41)24(14-26(32)38)35-28(40)23(13-18-15-33-22-6-4-3-5-20(18)22)34-27(39)21(31)12-17-7-9-19(37)10-8-17/h3-10,15-16,21,23-25,33,37H,11-14,31H2,1-2H3,(H2,32,38)(H,34,39)(H,35,40)(H,36,41)(H,42,43). The van der Waals surface area contributed by atoms with E-state index in [9.17, 15) is 34.2 Å². The van der Waals surface area contributed by atoms with Crippen molar-refractivity contribution in [2.24, 2.45) is 17.4 Å². The molecule has 0 bridgehead atoms. The van der Waals surface area contributed by atoms with Gasteiger partial charge in [-0.05, 0) is 48.1 Å². The van der Waals surface area contributed by atoms with E-state index in [0.717, 1.165) is 10.9 Å². The van der Waals surface area contributed by atoms with Crippen molar-refractivity contribution in [2.45, 2.75) is 63.7 Å². The molecule has 3 rings (SSSR count). The second kappa shape index (κ2) is 14.8. The fourth-order valence-corrected chi connectivity index (χ4v) is 4.64. The van der Waals surface area contributed by atoms with Gasteiger partial charge in [0, 0.05) is 23.5 Å². The molecule has 13 heteroatoms. The van der Waals surface area contributed by atoms with Gasteiger partial charge in [-0.3, -0.25) is 19.2 Å². The van der Waals surface area contributed by atoms with Crippen molar-refractivity contribution in [3.05, 3.63) is 65.9 Å². The fourth-order valence-electron chi connectivity index (χ4n) is 4.64. The highest BCUT2D eigenvalue weighted by atomic mass is 16.4. The molecule has 0 aliphatic heterocycles. The molecule has 0 spiro atoms. The number of nitrogens with one attached hydrogen (secondary N) is 4. The summed E-state index contributed by atoms with van der Waals surface area (Å²) in [5.41, 5.74) is 13.7. The Hall–Kier alpha value is -4.91. The smallest absolute Gasteiger partial charge is 0.326 e. The van der Waals surface area contributed by atoms with E-state index in [0.29, 0.717) is 11.1 Å². The van der Waals surface area contributed by atoms with Gasteiger partial charge >= 0.3 is 5.97 Å². The van der Waals surface area contributed by atoms with Gasteiger partial charge in [-0.15, -0.1) is 0 Å². The Labute approximate surface area is 248 Å². The third-order valence-electron chi connectivity index (χ3n) is 6.82. The zero-order valence-electron chi connectivity index (χ0n) is 24.0. The molecule has 10 N–H and O–H groups in total. The van der Waals surface area contributed by atoms with E-state index in [1.807, 2.05) is 24.3 Å². The number of nitrogens with two attached hydrogens (primary N) is 2. The van der Waals surface area contributed by atoms with Crippen molar-refractivity contribution >= 4 is 40.5 Å². The molecule has 1 aromatic heterocycles. The fraction of sp³-hybridized carbons (Fsp3) is 0.367. The molecule has 3 aromatic rings. The number of hydrogen-bond donors (Lipinski definition) is 8. The zero-order chi connectivity index (χ0) is 31.7. The molecule has 13 nitrogen and oxygen atoms in total. The minimum Gasteiger partial charge on any atom is -0.508 e. The van der Waals surface area contributed by atoms with Crippen LogP contribution in [-0.2, 0) is 36.8 Å². The Morgan fingerprint density at radius 2 is 1.44 bits per heavy atom. The molecule has 230 valence electrons. The number of phenolic OH excluding ortho intramolecular Hbond substituents is 1. The van der Waals surface area contributed by atoms with Crippen LogP contribution in [0, 0.1) is 5.92 Å². The molecule has 0 saturated heterocycles. The van der Waals surface area contributed by atoms with Gasteiger partial charge < -0.3 is 42.6 Å². The van der Waals surface area contributed by atoms with Crippen molar-refractivity contribution in [3.63, 3.8) is 0 Å². The lowest BCUT2D eigenvalue weighted by molar-refractivity contribution is -0.143. The number of aromatic amines is 1. The van der Waals surface area contributed by atoms with E-state index in [4.69, 9.17) is 11.5 Å². The highest BCUT2D eigenvalue weighted by Gasteiger charge is 2.32. The third-order valence-corrected chi connectivity index (χ3v) is 6.82. The topological polar surface area (TPSA) is 230 Å². The SMILES string of the molecule is CC(C)CC(NC(=O)C(CC(N)=O)NC(=O)C(Cc1c[nH]c2ccccc12)NC(=O)C(N)Cc1ccc(O)cc1)C(=O)O. The summed E-state index contributed by atoms with van der Waals surface area (Å²) in [4.78, 5) is 66.4. The normalized spacial score (nSPS) is 14.0. The van der Waals surface area contributed by atoms with Crippen LogP contribution in [0.1, 0.15) is 37.8 Å². The molecule has 0 saturated carbocycles.